The Morgan fingerprint density at radius 2 is 1.55 bits per heavy atom. The largest absolute Gasteiger partial charge is 0.497 e. The maximum atomic E-state index is 14.4. The quantitative estimate of drug-likeness (QED) is 0.678. The molecule has 1 aliphatic heterocycles. The van der Waals surface area contributed by atoms with Crippen molar-refractivity contribution in [1.82, 2.24) is 0 Å². The van der Waals surface area contributed by atoms with Gasteiger partial charge >= 0.3 is 0 Å². The fourth-order valence-corrected chi connectivity index (χ4v) is 3.53. The molecule has 2 amide bonds. The van der Waals surface area contributed by atoms with Gasteiger partial charge in [0.25, 0.3) is 5.91 Å². The molecule has 0 aromatic heterocycles. The van der Waals surface area contributed by atoms with Gasteiger partial charge in [0.2, 0.25) is 5.91 Å². The third-order valence-corrected chi connectivity index (χ3v) is 4.93. The van der Waals surface area contributed by atoms with E-state index in [0.29, 0.717) is 17.0 Å². The molecular formula is C23H19FN2O3. The van der Waals surface area contributed by atoms with Crippen molar-refractivity contribution >= 4 is 23.2 Å². The lowest BCUT2D eigenvalue weighted by Crippen LogP contribution is -2.56. The van der Waals surface area contributed by atoms with E-state index in [0.717, 1.165) is 0 Å². The molecular weight excluding hydrogens is 371 g/mol. The van der Waals surface area contributed by atoms with E-state index < -0.39 is 11.9 Å². The van der Waals surface area contributed by atoms with Crippen molar-refractivity contribution in [1.29, 1.82) is 0 Å². The first-order valence-corrected chi connectivity index (χ1v) is 9.17. The molecule has 0 bridgehead atoms. The van der Waals surface area contributed by atoms with E-state index in [4.69, 9.17) is 4.74 Å². The Bertz CT molecular complexity index is 1040. The van der Waals surface area contributed by atoms with E-state index in [1.807, 2.05) is 6.07 Å². The number of hydrogen-bond acceptors (Lipinski definition) is 3. The van der Waals surface area contributed by atoms with Gasteiger partial charge in [0, 0.05) is 5.69 Å². The first kappa shape index (κ1) is 18.7. The molecule has 1 heterocycles. The highest BCUT2D eigenvalue weighted by molar-refractivity contribution is 6.14. The van der Waals surface area contributed by atoms with Crippen LogP contribution in [0.25, 0.3) is 0 Å². The summed E-state index contributed by atoms with van der Waals surface area (Å²) in [6, 6.07) is 21.0. The molecule has 0 radical (unpaired) electrons. The minimum atomic E-state index is -0.898. The molecule has 0 unspecified atom stereocenters. The number of piperazine rings is 1. The van der Waals surface area contributed by atoms with Crippen molar-refractivity contribution in [3.8, 4) is 5.75 Å². The number of carbonyl (C=O) groups excluding carboxylic acids is 2. The van der Waals surface area contributed by atoms with Gasteiger partial charge in [-0.05, 0) is 42.0 Å². The average molecular weight is 390 g/mol. The predicted molar refractivity (Wildman–Crippen MR) is 108 cm³/mol. The second-order valence-electron chi connectivity index (χ2n) is 6.65. The molecule has 1 saturated heterocycles. The average Bonchev–Trinajstić information content (AvgIpc) is 2.76. The lowest BCUT2D eigenvalue weighted by atomic mass is 9.99. The molecule has 3 aromatic carbocycles. The highest BCUT2D eigenvalue weighted by Gasteiger charge is 2.42. The van der Waals surface area contributed by atoms with Gasteiger partial charge in [-0.25, -0.2) is 4.39 Å². The summed E-state index contributed by atoms with van der Waals surface area (Å²) in [7, 11) is 1.56. The molecule has 0 N–H and O–H groups in total. The van der Waals surface area contributed by atoms with Crippen molar-refractivity contribution in [2.45, 2.75) is 6.04 Å². The van der Waals surface area contributed by atoms with Gasteiger partial charge in [-0.2, -0.15) is 0 Å². The van der Waals surface area contributed by atoms with Crippen molar-refractivity contribution in [2.24, 2.45) is 0 Å². The zero-order chi connectivity index (χ0) is 20.4. The summed E-state index contributed by atoms with van der Waals surface area (Å²) in [5.74, 6) is -0.560. The Morgan fingerprint density at radius 1 is 0.897 bits per heavy atom. The minimum absolute atomic E-state index is 0.0983. The molecule has 146 valence electrons. The molecule has 1 atom stereocenters. The van der Waals surface area contributed by atoms with E-state index in [1.165, 1.54) is 21.9 Å². The number of methoxy groups -OCH3 is 1. The van der Waals surface area contributed by atoms with E-state index in [2.05, 4.69) is 0 Å². The Kier molecular flexibility index (Phi) is 4.99. The highest BCUT2D eigenvalue weighted by atomic mass is 19.1. The van der Waals surface area contributed by atoms with Gasteiger partial charge < -0.3 is 4.74 Å². The summed E-state index contributed by atoms with van der Waals surface area (Å²) in [6.45, 7) is -0.241. The lowest BCUT2D eigenvalue weighted by Gasteiger charge is -2.40. The molecule has 0 spiro atoms. The van der Waals surface area contributed by atoms with Gasteiger partial charge in [0.1, 0.15) is 24.2 Å². The number of amides is 2. The number of benzene rings is 3. The minimum Gasteiger partial charge on any atom is -0.497 e. The SMILES string of the molecule is COc1ccc(N2C(=O)CN(c3ccccc3F)C(=O)[C@H]2c2ccccc2)cc1. The zero-order valence-corrected chi connectivity index (χ0v) is 15.8. The zero-order valence-electron chi connectivity index (χ0n) is 15.8. The van der Waals surface area contributed by atoms with Crippen LogP contribution in [0.5, 0.6) is 5.75 Å². The second kappa shape index (κ2) is 7.75. The number of nitrogens with zero attached hydrogens (tertiary/aromatic N) is 2. The van der Waals surface area contributed by atoms with Crippen LogP contribution in [0.1, 0.15) is 11.6 Å². The second-order valence-corrected chi connectivity index (χ2v) is 6.65. The number of halogens is 1. The van der Waals surface area contributed by atoms with Crippen molar-refractivity contribution < 1.29 is 18.7 Å². The van der Waals surface area contributed by atoms with Crippen LogP contribution in [0.3, 0.4) is 0 Å². The molecule has 4 rings (SSSR count). The molecule has 3 aromatic rings. The number of anilines is 2. The van der Waals surface area contributed by atoms with Crippen molar-refractivity contribution in [3.63, 3.8) is 0 Å². The van der Waals surface area contributed by atoms with Gasteiger partial charge in [0.15, 0.2) is 0 Å². The smallest absolute Gasteiger partial charge is 0.255 e. The maximum Gasteiger partial charge on any atom is 0.255 e. The highest BCUT2D eigenvalue weighted by Crippen LogP contribution is 2.35. The van der Waals surface area contributed by atoms with Crippen LogP contribution in [-0.4, -0.2) is 25.5 Å². The summed E-state index contributed by atoms with van der Waals surface area (Å²) in [5, 5.41) is 0. The number of rotatable bonds is 4. The molecule has 6 heteroatoms. The van der Waals surface area contributed by atoms with Gasteiger partial charge in [-0.1, -0.05) is 42.5 Å². The normalized spacial score (nSPS) is 16.8. The molecule has 1 aliphatic rings. The number of ether oxygens (including phenoxy) is 1. The van der Waals surface area contributed by atoms with Gasteiger partial charge in [0.05, 0.1) is 12.8 Å². The summed E-state index contributed by atoms with van der Waals surface area (Å²) < 4.78 is 19.6. The van der Waals surface area contributed by atoms with E-state index in [1.54, 1.807) is 67.8 Å². The summed E-state index contributed by atoms with van der Waals surface area (Å²) in [6.07, 6.45) is 0. The van der Waals surface area contributed by atoms with Gasteiger partial charge in [-0.3, -0.25) is 19.4 Å². The fourth-order valence-electron chi connectivity index (χ4n) is 3.53. The summed E-state index contributed by atoms with van der Waals surface area (Å²) in [5.41, 5.74) is 1.33. The van der Waals surface area contributed by atoms with Crippen LogP contribution in [0.15, 0.2) is 78.9 Å². The molecule has 5 nitrogen and oxygen atoms in total. The monoisotopic (exact) mass is 390 g/mol. The number of hydrogen-bond donors (Lipinski definition) is 0. The van der Waals surface area contributed by atoms with E-state index in [9.17, 15) is 14.0 Å². The standard InChI is InChI=1S/C23H19FN2O3/c1-29-18-13-11-17(12-14-18)26-21(27)15-25(20-10-6-5-9-19(20)24)23(28)22(26)16-7-3-2-4-8-16/h2-14,22H,15H2,1H3/t22-/m1/s1. The van der Waals surface area contributed by atoms with Crippen molar-refractivity contribution in [3.05, 3.63) is 90.2 Å². The maximum absolute atomic E-state index is 14.4. The van der Waals surface area contributed by atoms with Crippen LogP contribution in [0.4, 0.5) is 15.8 Å². The predicted octanol–water partition coefficient (Wildman–Crippen LogP) is 3.96. The Hall–Kier alpha value is -3.67. The summed E-state index contributed by atoms with van der Waals surface area (Å²) >= 11 is 0. The van der Waals surface area contributed by atoms with Crippen molar-refractivity contribution in [2.75, 3.05) is 23.5 Å². The molecule has 1 fully saturated rings. The lowest BCUT2D eigenvalue weighted by molar-refractivity contribution is -0.128. The molecule has 0 saturated carbocycles. The Morgan fingerprint density at radius 3 is 2.21 bits per heavy atom. The first-order valence-electron chi connectivity index (χ1n) is 9.17. The summed E-state index contributed by atoms with van der Waals surface area (Å²) in [4.78, 5) is 29.3. The Balaban J connectivity index is 1.80. The van der Waals surface area contributed by atoms with E-state index in [-0.39, 0.29) is 24.0 Å². The van der Waals surface area contributed by atoms with Crippen LogP contribution >= 0.6 is 0 Å². The first-order chi connectivity index (χ1) is 14.1. The third-order valence-electron chi connectivity index (χ3n) is 4.93. The van der Waals surface area contributed by atoms with Crippen LogP contribution in [-0.2, 0) is 9.59 Å². The molecule has 29 heavy (non-hydrogen) atoms. The number of para-hydroxylation sites is 1. The van der Waals surface area contributed by atoms with Crippen LogP contribution in [0.2, 0.25) is 0 Å². The topological polar surface area (TPSA) is 49.9 Å². The van der Waals surface area contributed by atoms with E-state index >= 15 is 0 Å². The Labute approximate surface area is 167 Å². The van der Waals surface area contributed by atoms with Crippen LogP contribution in [0, 0.1) is 5.82 Å². The molecule has 0 aliphatic carbocycles. The fraction of sp³-hybridized carbons (Fsp3) is 0.130. The number of carbonyl (C=O) groups is 2. The van der Waals surface area contributed by atoms with Crippen LogP contribution < -0.4 is 14.5 Å². The third kappa shape index (κ3) is 3.45. The van der Waals surface area contributed by atoms with Gasteiger partial charge in [-0.15, -0.1) is 0 Å².